The summed E-state index contributed by atoms with van der Waals surface area (Å²) in [6.07, 6.45) is 24.4. The second kappa shape index (κ2) is 26.8. The van der Waals surface area contributed by atoms with Gasteiger partial charge in [0.25, 0.3) is 0 Å². The van der Waals surface area contributed by atoms with Gasteiger partial charge in [-0.1, -0.05) is 129 Å². The number of unbranched alkanes of at least 4 members (excludes halogenated alkanes) is 18. The van der Waals surface area contributed by atoms with E-state index in [1.807, 2.05) is 0 Å². The summed E-state index contributed by atoms with van der Waals surface area (Å²) >= 11 is 0. The van der Waals surface area contributed by atoms with Crippen LogP contribution in [0.1, 0.15) is 142 Å². The molecule has 0 aromatic heterocycles. The third kappa shape index (κ3) is 27.5. The zero-order valence-electron chi connectivity index (χ0n) is 19.6. The van der Waals surface area contributed by atoms with Gasteiger partial charge in [-0.05, 0) is 12.8 Å². The van der Waals surface area contributed by atoms with Crippen LogP contribution in [0.25, 0.3) is 0 Å². The minimum absolute atomic E-state index is 0. The van der Waals surface area contributed by atoms with Crippen LogP contribution in [0.15, 0.2) is 0 Å². The average Bonchev–Trinajstić information content (AvgIpc) is 2.70. The van der Waals surface area contributed by atoms with Crippen molar-refractivity contribution in [3.05, 3.63) is 0 Å². The molecule has 0 radical (unpaired) electrons. The summed E-state index contributed by atoms with van der Waals surface area (Å²) in [6.45, 7) is 4.98. The fraction of sp³-hybridized carbons (Fsp3) is 1.00. The monoisotopic (exact) mass is 474 g/mol. The zero-order chi connectivity index (χ0) is 21.5. The van der Waals surface area contributed by atoms with Gasteiger partial charge < -0.3 is 0 Å². The maximum absolute atomic E-state index is 11.7. The molecule has 0 amide bonds. The molecule has 0 unspecified atom stereocenters. The Morgan fingerprint density at radius 1 is 0.433 bits per heavy atom. The van der Waals surface area contributed by atoms with Crippen LogP contribution in [0.3, 0.4) is 0 Å². The van der Waals surface area contributed by atoms with Gasteiger partial charge in [-0.2, -0.15) is 8.42 Å². The summed E-state index contributed by atoms with van der Waals surface area (Å²) < 4.78 is 33.3. The summed E-state index contributed by atoms with van der Waals surface area (Å²) in [5, 5.41) is 0. The molecule has 0 rings (SSSR count). The summed E-state index contributed by atoms with van der Waals surface area (Å²) in [6, 6.07) is 0. The van der Waals surface area contributed by atoms with Crippen molar-refractivity contribution in [1.29, 1.82) is 0 Å². The van der Waals surface area contributed by atoms with Crippen LogP contribution in [0, 0.1) is 0 Å². The SMILES string of the molecule is CCCCCCCCCCCCOS(=O)(=O)OCCCCCCCCCCCC.[KH]. The maximum atomic E-state index is 11.7. The first-order valence-corrected chi connectivity index (χ1v) is 14.0. The van der Waals surface area contributed by atoms with E-state index in [0.717, 1.165) is 38.5 Å². The third-order valence-electron chi connectivity index (χ3n) is 5.45. The van der Waals surface area contributed by atoms with E-state index in [9.17, 15) is 8.42 Å². The van der Waals surface area contributed by atoms with Crippen molar-refractivity contribution in [3.63, 3.8) is 0 Å². The van der Waals surface area contributed by atoms with Crippen LogP contribution in [-0.2, 0) is 18.8 Å². The van der Waals surface area contributed by atoms with Crippen molar-refractivity contribution in [2.24, 2.45) is 0 Å². The molecule has 0 N–H and O–H groups in total. The third-order valence-corrected chi connectivity index (χ3v) is 6.36. The molecule has 0 spiro atoms. The van der Waals surface area contributed by atoms with Crippen molar-refractivity contribution >= 4 is 61.8 Å². The van der Waals surface area contributed by atoms with E-state index in [1.165, 1.54) is 89.9 Å². The van der Waals surface area contributed by atoms with Crippen molar-refractivity contribution in [2.75, 3.05) is 13.2 Å². The normalized spacial score (nSPS) is 11.5. The van der Waals surface area contributed by atoms with Crippen LogP contribution in [0.2, 0.25) is 0 Å². The summed E-state index contributed by atoms with van der Waals surface area (Å²) in [5.41, 5.74) is 0. The molecule has 178 valence electrons. The molecule has 4 nitrogen and oxygen atoms in total. The van der Waals surface area contributed by atoms with Crippen LogP contribution in [0.4, 0.5) is 0 Å². The molecule has 0 bridgehead atoms. The Bertz CT molecular complexity index is 383. The van der Waals surface area contributed by atoms with Gasteiger partial charge in [-0.25, -0.2) is 8.37 Å². The van der Waals surface area contributed by atoms with Crippen LogP contribution >= 0.6 is 0 Å². The van der Waals surface area contributed by atoms with Crippen molar-refractivity contribution in [1.82, 2.24) is 0 Å². The molecule has 0 aliphatic rings. The molecule has 0 aromatic carbocycles. The Morgan fingerprint density at radius 3 is 0.933 bits per heavy atom. The topological polar surface area (TPSA) is 52.6 Å². The van der Waals surface area contributed by atoms with E-state index < -0.39 is 10.4 Å². The summed E-state index contributed by atoms with van der Waals surface area (Å²) in [5.74, 6) is 0. The molecular formula is C24H51KO4S. The van der Waals surface area contributed by atoms with E-state index in [4.69, 9.17) is 8.37 Å². The average molecular weight is 475 g/mol. The molecule has 0 aromatic rings. The molecule has 6 heteroatoms. The van der Waals surface area contributed by atoms with Crippen LogP contribution in [0.5, 0.6) is 0 Å². The number of rotatable bonds is 24. The molecule has 0 saturated heterocycles. The van der Waals surface area contributed by atoms with Crippen LogP contribution < -0.4 is 0 Å². The van der Waals surface area contributed by atoms with Crippen molar-refractivity contribution < 1.29 is 16.8 Å². The number of hydrogen-bond donors (Lipinski definition) is 0. The number of hydrogen-bond acceptors (Lipinski definition) is 4. The van der Waals surface area contributed by atoms with Crippen molar-refractivity contribution in [3.8, 4) is 0 Å². The standard InChI is InChI=1S/C24H50O4S.K.H/c1-3-5-7-9-11-13-15-17-19-21-23-27-29(25,26)28-24-22-20-18-16-14-12-10-8-6-4-2;;/h3-24H2,1-2H3;;. The molecule has 0 aliphatic carbocycles. The zero-order valence-corrected chi connectivity index (χ0v) is 20.4. The summed E-state index contributed by atoms with van der Waals surface area (Å²) in [4.78, 5) is 0. The fourth-order valence-electron chi connectivity index (χ4n) is 3.53. The second-order valence-corrected chi connectivity index (χ2v) is 9.70. The molecule has 0 saturated carbocycles. The van der Waals surface area contributed by atoms with Gasteiger partial charge in [-0.3, -0.25) is 0 Å². The Labute approximate surface area is 231 Å². The first-order chi connectivity index (χ1) is 14.1. The second-order valence-electron chi connectivity index (χ2n) is 8.42. The molecule has 30 heavy (non-hydrogen) atoms. The van der Waals surface area contributed by atoms with E-state index in [0.29, 0.717) is 0 Å². The predicted molar refractivity (Wildman–Crippen MR) is 132 cm³/mol. The Hall–Kier alpha value is 1.51. The molecule has 0 heterocycles. The Balaban J connectivity index is 0. The quantitative estimate of drug-likeness (QED) is 0.108. The first-order valence-electron chi connectivity index (χ1n) is 12.7. The van der Waals surface area contributed by atoms with Gasteiger partial charge >= 0.3 is 61.8 Å². The van der Waals surface area contributed by atoms with E-state index in [2.05, 4.69) is 13.8 Å². The van der Waals surface area contributed by atoms with Gasteiger partial charge in [0.2, 0.25) is 0 Å². The van der Waals surface area contributed by atoms with Gasteiger partial charge in [0, 0.05) is 0 Å². The van der Waals surface area contributed by atoms with E-state index >= 15 is 0 Å². The molecule has 0 aliphatic heterocycles. The molecule has 0 atom stereocenters. The van der Waals surface area contributed by atoms with Gasteiger partial charge in [-0.15, -0.1) is 0 Å². The summed E-state index contributed by atoms with van der Waals surface area (Å²) in [7, 11) is -3.80. The van der Waals surface area contributed by atoms with E-state index in [-0.39, 0.29) is 64.6 Å². The van der Waals surface area contributed by atoms with E-state index in [1.54, 1.807) is 0 Å². The fourth-order valence-corrected chi connectivity index (χ4v) is 4.25. The van der Waals surface area contributed by atoms with Crippen LogP contribution in [-0.4, -0.2) is 73.0 Å². The van der Waals surface area contributed by atoms with Gasteiger partial charge in [0.05, 0.1) is 13.2 Å². The van der Waals surface area contributed by atoms with Crippen molar-refractivity contribution in [2.45, 2.75) is 142 Å². The molecule has 0 fully saturated rings. The first kappa shape index (κ1) is 33.7. The van der Waals surface area contributed by atoms with Gasteiger partial charge in [0.1, 0.15) is 0 Å². The minimum atomic E-state index is -3.80. The van der Waals surface area contributed by atoms with Gasteiger partial charge in [0.15, 0.2) is 0 Å². The predicted octanol–water partition coefficient (Wildman–Crippen LogP) is 7.46. The Morgan fingerprint density at radius 2 is 0.667 bits per heavy atom. The molecular weight excluding hydrogens is 423 g/mol. The Kier molecular flexibility index (Phi) is 30.0.